The van der Waals surface area contributed by atoms with Gasteiger partial charge in [0, 0.05) is 11.3 Å². The number of furan rings is 1. The molecule has 2 aromatic heterocycles. The van der Waals surface area contributed by atoms with E-state index in [-0.39, 0.29) is 11.7 Å². The van der Waals surface area contributed by atoms with Gasteiger partial charge in [0.15, 0.2) is 11.0 Å². The van der Waals surface area contributed by atoms with Crippen LogP contribution in [-0.4, -0.2) is 39.7 Å². The van der Waals surface area contributed by atoms with E-state index in [4.69, 9.17) is 9.15 Å². The molecule has 1 N–H and O–H groups in total. The lowest BCUT2D eigenvalue weighted by atomic mass is 10.2. The third kappa shape index (κ3) is 5.06. The Morgan fingerprint density at radius 1 is 1.12 bits per heavy atom. The summed E-state index contributed by atoms with van der Waals surface area (Å²) in [6.45, 7) is 1.84. The Kier molecular flexibility index (Phi) is 6.66. The van der Waals surface area contributed by atoms with Crippen molar-refractivity contribution >= 4 is 23.9 Å². The van der Waals surface area contributed by atoms with E-state index in [1.54, 1.807) is 13.2 Å². The highest BCUT2D eigenvalue weighted by Gasteiger charge is 2.17. The number of nitrogens with one attached hydrogen (secondary N) is 1. The zero-order valence-electron chi connectivity index (χ0n) is 17.6. The maximum Gasteiger partial charge on any atom is 0.250 e. The molecule has 0 aliphatic rings. The predicted molar refractivity (Wildman–Crippen MR) is 123 cm³/mol. The molecule has 9 heteroatoms. The van der Waals surface area contributed by atoms with Crippen molar-refractivity contribution in [3.63, 3.8) is 0 Å². The molecule has 0 saturated carbocycles. The van der Waals surface area contributed by atoms with Gasteiger partial charge in [-0.05, 0) is 55.5 Å². The number of benzene rings is 2. The minimum Gasteiger partial charge on any atom is -0.497 e. The molecule has 0 bridgehead atoms. The van der Waals surface area contributed by atoms with E-state index in [2.05, 4.69) is 20.7 Å². The van der Waals surface area contributed by atoms with Crippen LogP contribution in [0, 0.1) is 6.92 Å². The monoisotopic (exact) mass is 447 g/mol. The van der Waals surface area contributed by atoms with Gasteiger partial charge >= 0.3 is 0 Å². The van der Waals surface area contributed by atoms with Crippen molar-refractivity contribution in [3.8, 4) is 22.8 Å². The number of ether oxygens (including phenoxy) is 1. The molecule has 2 heterocycles. The average molecular weight is 448 g/mol. The topological polar surface area (TPSA) is 94.5 Å². The van der Waals surface area contributed by atoms with Crippen molar-refractivity contribution in [1.82, 2.24) is 20.2 Å². The fourth-order valence-electron chi connectivity index (χ4n) is 2.95. The standard InChI is InChI=1S/C23H21N5O3S/c1-16-8-11-20(31-16)14-24-25-21(29)15-32-23-27-26-22(17-9-12-19(30-2)13-10-17)28(23)18-6-4-3-5-7-18/h3-14H,15H2,1-2H3,(H,25,29)/b24-14-. The van der Waals surface area contributed by atoms with Crippen molar-refractivity contribution < 1.29 is 13.9 Å². The van der Waals surface area contributed by atoms with E-state index < -0.39 is 0 Å². The fraction of sp³-hybridized carbons (Fsp3) is 0.130. The number of methoxy groups -OCH3 is 1. The summed E-state index contributed by atoms with van der Waals surface area (Å²) < 4.78 is 12.6. The second kappa shape index (κ2) is 9.97. The Morgan fingerprint density at radius 2 is 1.91 bits per heavy atom. The van der Waals surface area contributed by atoms with Crippen LogP contribution in [0.5, 0.6) is 5.75 Å². The van der Waals surface area contributed by atoms with Gasteiger partial charge in [0.1, 0.15) is 17.3 Å². The minimum atomic E-state index is -0.261. The molecule has 1 amide bonds. The number of hydrazone groups is 1. The summed E-state index contributed by atoms with van der Waals surface area (Å²) in [5, 5.41) is 13.2. The molecule has 0 spiro atoms. The van der Waals surface area contributed by atoms with Crippen LogP contribution in [0.2, 0.25) is 0 Å². The number of thioether (sulfide) groups is 1. The molecule has 0 radical (unpaired) electrons. The number of hydrogen-bond acceptors (Lipinski definition) is 7. The van der Waals surface area contributed by atoms with Gasteiger partial charge in [0.05, 0.1) is 19.1 Å². The molecule has 0 unspecified atom stereocenters. The zero-order valence-corrected chi connectivity index (χ0v) is 18.4. The highest BCUT2D eigenvalue weighted by molar-refractivity contribution is 7.99. The predicted octanol–water partition coefficient (Wildman–Crippen LogP) is 4.09. The Morgan fingerprint density at radius 3 is 2.59 bits per heavy atom. The highest BCUT2D eigenvalue weighted by Crippen LogP contribution is 2.28. The lowest BCUT2D eigenvalue weighted by Crippen LogP contribution is -2.19. The van der Waals surface area contributed by atoms with Gasteiger partial charge in [0.2, 0.25) is 0 Å². The molecular weight excluding hydrogens is 426 g/mol. The Balaban J connectivity index is 1.51. The van der Waals surface area contributed by atoms with E-state index >= 15 is 0 Å². The van der Waals surface area contributed by atoms with Crippen LogP contribution in [0.1, 0.15) is 11.5 Å². The number of rotatable bonds is 8. The van der Waals surface area contributed by atoms with E-state index in [0.29, 0.717) is 16.7 Å². The van der Waals surface area contributed by atoms with Crippen LogP contribution >= 0.6 is 11.8 Å². The number of nitrogens with zero attached hydrogens (tertiary/aromatic N) is 4. The lowest BCUT2D eigenvalue weighted by molar-refractivity contribution is -0.118. The molecule has 8 nitrogen and oxygen atoms in total. The molecular formula is C23H21N5O3S. The Bertz CT molecular complexity index is 1220. The second-order valence-corrected chi connectivity index (χ2v) is 7.68. The van der Waals surface area contributed by atoms with E-state index in [0.717, 1.165) is 22.8 Å². The van der Waals surface area contributed by atoms with E-state index in [9.17, 15) is 4.79 Å². The van der Waals surface area contributed by atoms with Crippen molar-refractivity contribution in [2.45, 2.75) is 12.1 Å². The van der Waals surface area contributed by atoms with E-state index in [1.807, 2.05) is 72.2 Å². The first-order chi connectivity index (χ1) is 15.6. The normalized spacial score (nSPS) is 11.1. The Hall–Kier alpha value is -3.85. The summed E-state index contributed by atoms with van der Waals surface area (Å²) in [4.78, 5) is 12.3. The van der Waals surface area contributed by atoms with Crippen molar-refractivity contribution in [2.24, 2.45) is 5.10 Å². The van der Waals surface area contributed by atoms with Crippen LogP contribution in [-0.2, 0) is 4.79 Å². The molecule has 32 heavy (non-hydrogen) atoms. The molecule has 0 aliphatic heterocycles. The van der Waals surface area contributed by atoms with Gasteiger partial charge in [0.25, 0.3) is 5.91 Å². The van der Waals surface area contributed by atoms with Gasteiger partial charge in [-0.25, -0.2) is 5.43 Å². The smallest absolute Gasteiger partial charge is 0.250 e. The summed E-state index contributed by atoms with van der Waals surface area (Å²) in [5.74, 6) is 2.65. The summed E-state index contributed by atoms with van der Waals surface area (Å²) in [6.07, 6.45) is 1.46. The first-order valence-electron chi connectivity index (χ1n) is 9.80. The van der Waals surface area contributed by atoms with Crippen molar-refractivity contribution in [3.05, 3.63) is 78.3 Å². The molecule has 0 fully saturated rings. The molecule has 4 rings (SSSR count). The fourth-order valence-corrected chi connectivity index (χ4v) is 3.70. The first-order valence-corrected chi connectivity index (χ1v) is 10.8. The number of para-hydroxylation sites is 1. The molecule has 0 atom stereocenters. The zero-order chi connectivity index (χ0) is 22.3. The molecule has 4 aromatic rings. The SMILES string of the molecule is COc1ccc(-c2nnc(SCC(=O)N/N=C\c3ccc(C)o3)n2-c2ccccc2)cc1. The van der Waals surface area contributed by atoms with Crippen molar-refractivity contribution in [2.75, 3.05) is 12.9 Å². The summed E-state index contributed by atoms with van der Waals surface area (Å²) in [5.41, 5.74) is 4.29. The van der Waals surface area contributed by atoms with Gasteiger partial charge in [-0.1, -0.05) is 30.0 Å². The lowest BCUT2D eigenvalue weighted by Gasteiger charge is -2.10. The quantitative estimate of drug-likeness (QED) is 0.248. The number of aryl methyl sites for hydroxylation is 1. The number of carbonyl (C=O) groups is 1. The second-order valence-electron chi connectivity index (χ2n) is 6.74. The van der Waals surface area contributed by atoms with Crippen molar-refractivity contribution in [1.29, 1.82) is 0 Å². The third-order valence-electron chi connectivity index (χ3n) is 4.47. The molecule has 0 saturated heterocycles. The number of carbonyl (C=O) groups excluding carboxylic acids is 1. The number of aromatic nitrogens is 3. The summed E-state index contributed by atoms with van der Waals surface area (Å²) in [7, 11) is 1.63. The summed E-state index contributed by atoms with van der Waals surface area (Å²) in [6, 6.07) is 21.0. The molecule has 2 aromatic carbocycles. The van der Waals surface area contributed by atoms with Crippen LogP contribution < -0.4 is 10.2 Å². The largest absolute Gasteiger partial charge is 0.497 e. The molecule has 0 aliphatic carbocycles. The maximum absolute atomic E-state index is 12.3. The van der Waals surface area contributed by atoms with Gasteiger partial charge in [-0.15, -0.1) is 10.2 Å². The maximum atomic E-state index is 12.3. The van der Waals surface area contributed by atoms with E-state index in [1.165, 1.54) is 18.0 Å². The summed E-state index contributed by atoms with van der Waals surface area (Å²) >= 11 is 1.28. The first kappa shape index (κ1) is 21.4. The third-order valence-corrected chi connectivity index (χ3v) is 5.40. The average Bonchev–Trinajstić information content (AvgIpc) is 3.44. The minimum absolute atomic E-state index is 0.127. The highest BCUT2D eigenvalue weighted by atomic mass is 32.2. The van der Waals surface area contributed by atoms with Gasteiger partial charge in [-0.3, -0.25) is 9.36 Å². The van der Waals surface area contributed by atoms with Gasteiger partial charge < -0.3 is 9.15 Å². The number of amides is 1. The Labute approximate surface area is 189 Å². The molecule has 162 valence electrons. The van der Waals surface area contributed by atoms with Crippen LogP contribution in [0.4, 0.5) is 0 Å². The number of hydrogen-bond donors (Lipinski definition) is 1. The van der Waals surface area contributed by atoms with Gasteiger partial charge in [-0.2, -0.15) is 5.10 Å². The van der Waals surface area contributed by atoms with Crippen LogP contribution in [0.3, 0.4) is 0 Å². The van der Waals surface area contributed by atoms with Crippen LogP contribution in [0.15, 0.2) is 81.4 Å². The van der Waals surface area contributed by atoms with Crippen LogP contribution in [0.25, 0.3) is 17.1 Å².